The van der Waals surface area contributed by atoms with Gasteiger partial charge in [-0.2, -0.15) is 0 Å². The Hall–Kier alpha value is -4.33. The highest BCUT2D eigenvalue weighted by molar-refractivity contribution is 6.06. The van der Waals surface area contributed by atoms with Crippen molar-refractivity contribution in [3.8, 4) is 5.75 Å². The molecule has 1 N–H and O–H groups in total. The summed E-state index contributed by atoms with van der Waals surface area (Å²) in [5.74, 6) is 0.163. The van der Waals surface area contributed by atoms with Crippen LogP contribution in [0.3, 0.4) is 0 Å². The molecule has 1 aliphatic carbocycles. The summed E-state index contributed by atoms with van der Waals surface area (Å²) in [6.07, 6.45) is 11.3. The number of Topliss-reactive ketones (excluding diaryl/α,β-unsaturated/α-hetero) is 1. The lowest BCUT2D eigenvalue weighted by Crippen LogP contribution is -2.21. The average Bonchev–Trinajstić information content (AvgIpc) is 3.39. The van der Waals surface area contributed by atoms with Crippen molar-refractivity contribution >= 4 is 17.4 Å². The van der Waals surface area contributed by atoms with Crippen LogP contribution in [0.15, 0.2) is 79.8 Å². The van der Waals surface area contributed by atoms with E-state index in [-0.39, 0.29) is 17.6 Å². The lowest BCUT2D eigenvalue weighted by molar-refractivity contribution is 0.0969. The fourth-order valence-electron chi connectivity index (χ4n) is 4.15. The van der Waals surface area contributed by atoms with Gasteiger partial charge in [0.15, 0.2) is 5.78 Å². The number of amides is 1. The number of aromatic nitrogens is 4. The third-order valence-corrected chi connectivity index (χ3v) is 5.82. The molecule has 34 heavy (non-hydrogen) atoms. The van der Waals surface area contributed by atoms with Gasteiger partial charge >= 0.3 is 0 Å². The Morgan fingerprint density at radius 2 is 1.94 bits per heavy atom. The molecule has 2 heterocycles. The molecule has 8 heteroatoms. The molecular weight excluding hydrogens is 430 g/mol. The quantitative estimate of drug-likeness (QED) is 0.449. The first-order chi connectivity index (χ1) is 16.7. The Balaban J connectivity index is 1.54. The number of nitrogens with zero attached hydrogens (tertiary/aromatic N) is 4. The van der Waals surface area contributed by atoms with Crippen molar-refractivity contribution in [3.05, 3.63) is 102 Å². The second kappa shape index (κ2) is 9.66. The van der Waals surface area contributed by atoms with Gasteiger partial charge in [0.1, 0.15) is 17.5 Å². The van der Waals surface area contributed by atoms with E-state index in [4.69, 9.17) is 4.74 Å². The molecule has 1 atom stereocenters. The van der Waals surface area contributed by atoms with E-state index in [1.165, 1.54) is 18.6 Å². The number of ether oxygens (including phenoxy) is 1. The highest BCUT2D eigenvalue weighted by Crippen LogP contribution is 2.38. The molecule has 2 aromatic heterocycles. The molecule has 0 saturated heterocycles. The molecule has 8 nitrogen and oxygen atoms in total. The number of benzene rings is 2. The summed E-state index contributed by atoms with van der Waals surface area (Å²) in [6, 6.07) is 13.4. The minimum absolute atomic E-state index is 0.0702. The SMILES string of the molecule is O=C(Nc1c(O[C@H](Cn2ccnc2)c2ccccc2)ccc2c1CCCC2=O)c1cnccn1. The first-order valence-corrected chi connectivity index (χ1v) is 11.1. The van der Waals surface area contributed by atoms with Crippen LogP contribution in [0, 0.1) is 0 Å². The molecule has 0 fully saturated rings. The van der Waals surface area contributed by atoms with E-state index in [1.54, 1.807) is 24.7 Å². The van der Waals surface area contributed by atoms with E-state index in [0.717, 1.165) is 17.5 Å². The third kappa shape index (κ3) is 4.56. The fraction of sp³-hybridized carbons (Fsp3) is 0.192. The van der Waals surface area contributed by atoms with Crippen LogP contribution in [0.2, 0.25) is 0 Å². The average molecular weight is 454 g/mol. The minimum Gasteiger partial charge on any atom is -0.482 e. The number of imidazole rings is 1. The van der Waals surface area contributed by atoms with Crippen LogP contribution >= 0.6 is 0 Å². The van der Waals surface area contributed by atoms with Crippen LogP contribution < -0.4 is 10.1 Å². The zero-order chi connectivity index (χ0) is 23.3. The highest BCUT2D eigenvalue weighted by Gasteiger charge is 2.26. The van der Waals surface area contributed by atoms with Crippen molar-refractivity contribution in [1.82, 2.24) is 19.5 Å². The van der Waals surface area contributed by atoms with Crippen LogP contribution in [-0.4, -0.2) is 31.2 Å². The number of ketones is 1. The molecule has 0 radical (unpaired) electrons. The van der Waals surface area contributed by atoms with E-state index >= 15 is 0 Å². The Morgan fingerprint density at radius 3 is 2.71 bits per heavy atom. The molecular formula is C26H23N5O3. The first-order valence-electron chi connectivity index (χ1n) is 11.1. The number of carbonyl (C=O) groups is 2. The summed E-state index contributed by atoms with van der Waals surface area (Å²) in [5.41, 5.74) is 3.09. The lowest BCUT2D eigenvalue weighted by atomic mass is 9.89. The second-order valence-corrected chi connectivity index (χ2v) is 8.06. The number of anilines is 1. The van der Waals surface area contributed by atoms with E-state index < -0.39 is 5.91 Å². The second-order valence-electron chi connectivity index (χ2n) is 8.06. The van der Waals surface area contributed by atoms with E-state index in [2.05, 4.69) is 20.3 Å². The number of carbonyl (C=O) groups excluding carboxylic acids is 2. The van der Waals surface area contributed by atoms with Crippen molar-refractivity contribution < 1.29 is 14.3 Å². The molecule has 4 aromatic rings. The Bertz CT molecular complexity index is 1290. The molecule has 0 aliphatic heterocycles. The number of nitrogens with one attached hydrogen (secondary N) is 1. The predicted octanol–water partition coefficient (Wildman–Crippen LogP) is 4.26. The molecule has 0 spiro atoms. The molecule has 0 unspecified atom stereocenters. The maximum absolute atomic E-state index is 13.0. The van der Waals surface area contributed by atoms with Crippen LogP contribution in [0.4, 0.5) is 5.69 Å². The van der Waals surface area contributed by atoms with Gasteiger partial charge in [0, 0.05) is 36.8 Å². The van der Waals surface area contributed by atoms with Gasteiger partial charge in [-0.1, -0.05) is 30.3 Å². The van der Waals surface area contributed by atoms with Gasteiger partial charge in [-0.15, -0.1) is 0 Å². The molecule has 5 rings (SSSR count). The molecule has 0 bridgehead atoms. The van der Waals surface area contributed by atoms with Crippen LogP contribution in [0.5, 0.6) is 5.75 Å². The minimum atomic E-state index is -0.407. The summed E-state index contributed by atoms with van der Waals surface area (Å²) in [4.78, 5) is 37.8. The zero-order valence-corrected chi connectivity index (χ0v) is 18.4. The number of hydrogen-bond donors (Lipinski definition) is 1. The van der Waals surface area contributed by atoms with Gasteiger partial charge in [-0.25, -0.2) is 9.97 Å². The molecule has 170 valence electrons. The summed E-state index contributed by atoms with van der Waals surface area (Å²) in [6.45, 7) is 0.525. The number of fused-ring (bicyclic) bond motifs is 1. The molecule has 1 amide bonds. The molecule has 2 aromatic carbocycles. The lowest BCUT2D eigenvalue weighted by Gasteiger charge is -2.25. The Kier molecular flexibility index (Phi) is 6.11. The number of rotatable bonds is 7. The summed E-state index contributed by atoms with van der Waals surface area (Å²) in [5, 5.41) is 2.95. The first kappa shape index (κ1) is 21.5. The van der Waals surface area contributed by atoms with Gasteiger partial charge in [0.25, 0.3) is 5.91 Å². The topological polar surface area (TPSA) is 99.0 Å². The zero-order valence-electron chi connectivity index (χ0n) is 18.4. The largest absolute Gasteiger partial charge is 0.482 e. The van der Waals surface area contributed by atoms with Crippen molar-refractivity contribution in [2.75, 3.05) is 5.32 Å². The maximum atomic E-state index is 13.0. The monoisotopic (exact) mass is 453 g/mol. The fourth-order valence-corrected chi connectivity index (χ4v) is 4.15. The third-order valence-electron chi connectivity index (χ3n) is 5.82. The molecule has 0 saturated carbocycles. The highest BCUT2D eigenvalue weighted by atomic mass is 16.5. The predicted molar refractivity (Wildman–Crippen MR) is 126 cm³/mol. The summed E-state index contributed by atoms with van der Waals surface area (Å²) < 4.78 is 8.47. The van der Waals surface area contributed by atoms with Crippen LogP contribution in [-0.2, 0) is 13.0 Å². The van der Waals surface area contributed by atoms with E-state index in [9.17, 15) is 9.59 Å². The smallest absolute Gasteiger partial charge is 0.275 e. The summed E-state index contributed by atoms with van der Waals surface area (Å²) in [7, 11) is 0. The summed E-state index contributed by atoms with van der Waals surface area (Å²) >= 11 is 0. The van der Waals surface area contributed by atoms with Gasteiger partial charge in [0.2, 0.25) is 0 Å². The Morgan fingerprint density at radius 1 is 1.06 bits per heavy atom. The van der Waals surface area contributed by atoms with Gasteiger partial charge < -0.3 is 14.6 Å². The van der Waals surface area contributed by atoms with Crippen LogP contribution in [0.1, 0.15) is 50.9 Å². The van der Waals surface area contributed by atoms with Crippen molar-refractivity contribution in [2.45, 2.75) is 31.9 Å². The number of hydrogen-bond acceptors (Lipinski definition) is 6. The van der Waals surface area contributed by atoms with Gasteiger partial charge in [-0.05, 0) is 36.1 Å². The Labute approximate surface area is 196 Å². The van der Waals surface area contributed by atoms with Crippen molar-refractivity contribution in [1.29, 1.82) is 0 Å². The standard InChI is InChI=1S/C26H23N5O3/c32-22-8-4-7-20-19(22)9-10-23(25(20)30-26(33)21-15-27-11-12-29-21)34-24(16-31-14-13-28-17-31)18-5-2-1-3-6-18/h1-3,5-6,9-15,17,24H,4,7-8,16H2,(H,30,33)/t24-/m1/s1. The van der Waals surface area contributed by atoms with Gasteiger partial charge in [0.05, 0.1) is 24.8 Å². The van der Waals surface area contributed by atoms with E-state index in [0.29, 0.717) is 36.4 Å². The van der Waals surface area contributed by atoms with Crippen LogP contribution in [0.25, 0.3) is 0 Å². The maximum Gasteiger partial charge on any atom is 0.275 e. The van der Waals surface area contributed by atoms with Crippen molar-refractivity contribution in [2.24, 2.45) is 0 Å². The van der Waals surface area contributed by atoms with Crippen molar-refractivity contribution in [3.63, 3.8) is 0 Å². The normalized spacial score (nSPS) is 13.7. The molecule has 1 aliphatic rings. The van der Waals surface area contributed by atoms with E-state index in [1.807, 2.05) is 41.1 Å². The van der Waals surface area contributed by atoms with Gasteiger partial charge in [-0.3, -0.25) is 14.6 Å².